The maximum atomic E-state index is 12.4. The molecule has 7 heteroatoms. The van der Waals surface area contributed by atoms with Crippen LogP contribution in [-0.4, -0.2) is 20.4 Å². The van der Waals surface area contributed by atoms with E-state index in [1.54, 1.807) is 24.3 Å². The van der Waals surface area contributed by atoms with Gasteiger partial charge in [0.05, 0.1) is 0 Å². The Hall–Kier alpha value is -3.16. The molecule has 2 N–H and O–H groups in total. The lowest BCUT2D eigenvalue weighted by atomic mass is 10.1. The molecule has 3 rings (SSSR count). The van der Waals surface area contributed by atoms with Crippen molar-refractivity contribution in [1.82, 2.24) is 0 Å². The zero-order valence-electron chi connectivity index (χ0n) is 16.5. The van der Waals surface area contributed by atoms with Crippen LogP contribution in [-0.2, 0) is 32.7 Å². The van der Waals surface area contributed by atoms with Crippen molar-refractivity contribution in [3.8, 4) is 5.75 Å². The molecule has 0 amide bonds. The SMILES string of the molecule is Cc1ccc(S(=O)(=O)Oc2ccc(C[C@H](N)C(=O)OCc3ccccc3)cc2)cc1. The summed E-state index contributed by atoms with van der Waals surface area (Å²) < 4.78 is 35.1. The van der Waals surface area contributed by atoms with Gasteiger partial charge in [-0.05, 0) is 48.7 Å². The van der Waals surface area contributed by atoms with Gasteiger partial charge in [0.1, 0.15) is 23.3 Å². The van der Waals surface area contributed by atoms with Crippen LogP contribution in [0.3, 0.4) is 0 Å². The molecule has 0 aromatic heterocycles. The van der Waals surface area contributed by atoms with E-state index in [-0.39, 0.29) is 23.7 Å². The third kappa shape index (κ3) is 5.92. The van der Waals surface area contributed by atoms with Crippen LogP contribution < -0.4 is 9.92 Å². The number of benzene rings is 3. The number of carbonyl (C=O) groups excluding carboxylic acids is 1. The number of hydrogen-bond acceptors (Lipinski definition) is 6. The lowest BCUT2D eigenvalue weighted by molar-refractivity contribution is -0.146. The van der Waals surface area contributed by atoms with Crippen molar-refractivity contribution in [1.29, 1.82) is 0 Å². The predicted molar refractivity (Wildman–Crippen MR) is 113 cm³/mol. The molecule has 0 saturated carbocycles. The average Bonchev–Trinajstić information content (AvgIpc) is 2.74. The molecule has 0 bridgehead atoms. The van der Waals surface area contributed by atoms with Gasteiger partial charge < -0.3 is 14.7 Å². The van der Waals surface area contributed by atoms with Gasteiger partial charge in [-0.15, -0.1) is 0 Å². The summed E-state index contributed by atoms with van der Waals surface area (Å²) in [4.78, 5) is 12.2. The molecule has 30 heavy (non-hydrogen) atoms. The molecule has 0 aliphatic heterocycles. The van der Waals surface area contributed by atoms with Gasteiger partial charge in [-0.3, -0.25) is 4.79 Å². The van der Waals surface area contributed by atoms with Crippen LogP contribution in [0.15, 0.2) is 83.8 Å². The van der Waals surface area contributed by atoms with E-state index in [1.165, 1.54) is 24.3 Å². The van der Waals surface area contributed by atoms with Gasteiger partial charge in [0, 0.05) is 0 Å². The van der Waals surface area contributed by atoms with Gasteiger partial charge in [-0.1, -0.05) is 60.2 Å². The van der Waals surface area contributed by atoms with Crippen LogP contribution in [0.4, 0.5) is 0 Å². The third-order valence-corrected chi connectivity index (χ3v) is 5.68. The molecule has 6 nitrogen and oxygen atoms in total. The highest BCUT2D eigenvalue weighted by atomic mass is 32.2. The number of rotatable bonds is 8. The standard InChI is InChI=1S/C23H23NO5S/c1-17-7-13-21(14-8-17)30(26,27)29-20-11-9-18(10-12-20)15-22(24)23(25)28-16-19-5-3-2-4-6-19/h2-14,22H,15-16,24H2,1H3/t22-/m0/s1. The van der Waals surface area contributed by atoms with Gasteiger partial charge in [0.25, 0.3) is 0 Å². The Morgan fingerprint density at radius 1 is 0.900 bits per heavy atom. The fourth-order valence-electron chi connectivity index (χ4n) is 2.73. The second-order valence-corrected chi connectivity index (χ2v) is 8.44. The Morgan fingerprint density at radius 2 is 1.53 bits per heavy atom. The molecule has 1 atom stereocenters. The van der Waals surface area contributed by atoms with Gasteiger partial charge in [0.2, 0.25) is 0 Å². The summed E-state index contributed by atoms with van der Waals surface area (Å²) in [5.74, 6) is -0.319. The number of esters is 1. The fourth-order valence-corrected chi connectivity index (χ4v) is 3.66. The monoisotopic (exact) mass is 425 g/mol. The van der Waals surface area contributed by atoms with Crippen molar-refractivity contribution in [3.05, 3.63) is 95.6 Å². The summed E-state index contributed by atoms with van der Waals surface area (Å²) in [7, 11) is -3.91. The molecule has 0 radical (unpaired) electrons. The molecule has 0 saturated heterocycles. The number of hydrogen-bond donors (Lipinski definition) is 1. The molecule has 3 aromatic rings. The fraction of sp³-hybridized carbons (Fsp3) is 0.174. The van der Waals surface area contributed by atoms with E-state index >= 15 is 0 Å². The lowest BCUT2D eigenvalue weighted by Gasteiger charge is -2.12. The van der Waals surface area contributed by atoms with Crippen molar-refractivity contribution >= 4 is 16.1 Å². The van der Waals surface area contributed by atoms with Crippen LogP contribution in [0.25, 0.3) is 0 Å². The van der Waals surface area contributed by atoms with Gasteiger partial charge >= 0.3 is 16.1 Å². The van der Waals surface area contributed by atoms with E-state index in [2.05, 4.69) is 0 Å². The summed E-state index contributed by atoms with van der Waals surface area (Å²) in [6, 6.07) is 21.3. The molecule has 0 fully saturated rings. The van der Waals surface area contributed by atoms with E-state index in [1.807, 2.05) is 37.3 Å². The third-order valence-electron chi connectivity index (χ3n) is 4.42. The Kier molecular flexibility index (Phi) is 6.87. The highest BCUT2D eigenvalue weighted by Gasteiger charge is 2.18. The maximum absolute atomic E-state index is 12.4. The molecule has 0 spiro atoms. The summed E-state index contributed by atoms with van der Waals surface area (Å²) in [5.41, 5.74) is 8.54. The summed E-state index contributed by atoms with van der Waals surface area (Å²) in [6.45, 7) is 2.04. The Morgan fingerprint density at radius 3 is 2.17 bits per heavy atom. The van der Waals surface area contributed by atoms with Crippen LogP contribution >= 0.6 is 0 Å². The summed E-state index contributed by atoms with van der Waals surface area (Å²) in [5, 5.41) is 0. The quantitative estimate of drug-likeness (QED) is 0.439. The summed E-state index contributed by atoms with van der Waals surface area (Å²) >= 11 is 0. The number of nitrogens with two attached hydrogens (primary N) is 1. The first-order valence-corrected chi connectivity index (χ1v) is 10.8. The first-order chi connectivity index (χ1) is 14.3. The zero-order chi connectivity index (χ0) is 21.6. The van der Waals surface area contributed by atoms with Crippen molar-refractivity contribution in [3.63, 3.8) is 0 Å². The number of carbonyl (C=O) groups is 1. The van der Waals surface area contributed by atoms with Gasteiger partial charge in [-0.25, -0.2) is 0 Å². The lowest BCUT2D eigenvalue weighted by Crippen LogP contribution is -2.34. The first kappa shape index (κ1) is 21.5. The Labute approximate surface area is 176 Å². The highest BCUT2D eigenvalue weighted by molar-refractivity contribution is 7.87. The summed E-state index contributed by atoms with van der Waals surface area (Å²) in [6.07, 6.45) is 0.263. The molecule has 0 heterocycles. The Bertz CT molecular complexity index is 1080. The molecular weight excluding hydrogens is 402 g/mol. The van der Waals surface area contributed by atoms with Crippen LogP contribution in [0.2, 0.25) is 0 Å². The normalized spacial score (nSPS) is 12.2. The average molecular weight is 426 g/mol. The van der Waals surface area contributed by atoms with E-state index in [0.29, 0.717) is 0 Å². The molecule has 3 aromatic carbocycles. The van der Waals surface area contributed by atoms with Crippen LogP contribution in [0.1, 0.15) is 16.7 Å². The van der Waals surface area contributed by atoms with Crippen LogP contribution in [0.5, 0.6) is 5.75 Å². The van der Waals surface area contributed by atoms with Crippen molar-refractivity contribution in [2.75, 3.05) is 0 Å². The van der Waals surface area contributed by atoms with Gasteiger partial charge in [-0.2, -0.15) is 8.42 Å². The topological polar surface area (TPSA) is 95.7 Å². The smallest absolute Gasteiger partial charge is 0.339 e. The second-order valence-electron chi connectivity index (χ2n) is 6.90. The minimum atomic E-state index is -3.91. The second kappa shape index (κ2) is 9.56. The molecule has 0 aliphatic rings. The minimum absolute atomic E-state index is 0.0837. The van der Waals surface area contributed by atoms with E-state index < -0.39 is 22.1 Å². The molecule has 0 aliphatic carbocycles. The van der Waals surface area contributed by atoms with Crippen molar-refractivity contribution in [2.45, 2.75) is 30.9 Å². The number of aryl methyl sites for hydroxylation is 1. The minimum Gasteiger partial charge on any atom is -0.460 e. The first-order valence-electron chi connectivity index (χ1n) is 9.40. The maximum Gasteiger partial charge on any atom is 0.339 e. The predicted octanol–water partition coefficient (Wildman–Crippen LogP) is 3.38. The number of ether oxygens (including phenoxy) is 1. The van der Waals surface area contributed by atoms with Crippen LogP contribution in [0, 0.1) is 6.92 Å². The molecule has 0 unspecified atom stereocenters. The van der Waals surface area contributed by atoms with Crippen molar-refractivity contribution < 1.29 is 22.1 Å². The highest BCUT2D eigenvalue weighted by Crippen LogP contribution is 2.20. The Balaban J connectivity index is 1.56. The van der Waals surface area contributed by atoms with E-state index in [0.717, 1.165) is 16.7 Å². The van der Waals surface area contributed by atoms with Gasteiger partial charge in [0.15, 0.2) is 0 Å². The molecule has 156 valence electrons. The van der Waals surface area contributed by atoms with E-state index in [4.69, 9.17) is 14.7 Å². The zero-order valence-corrected chi connectivity index (χ0v) is 17.3. The van der Waals surface area contributed by atoms with Crippen molar-refractivity contribution in [2.24, 2.45) is 5.73 Å². The molecular formula is C23H23NO5S. The van der Waals surface area contributed by atoms with E-state index in [9.17, 15) is 13.2 Å². The largest absolute Gasteiger partial charge is 0.460 e.